The molecular formula is C15H23NO3. The second kappa shape index (κ2) is 6.78. The second-order valence-electron chi connectivity index (χ2n) is 4.81. The zero-order chi connectivity index (χ0) is 13.7. The maximum atomic E-state index is 5.89. The summed E-state index contributed by atoms with van der Waals surface area (Å²) in [5, 5.41) is 0. The summed E-state index contributed by atoms with van der Waals surface area (Å²) in [5.74, 6) is 1.62. The Balaban J connectivity index is 2.15. The molecule has 1 aromatic rings. The van der Waals surface area contributed by atoms with Gasteiger partial charge in [0.1, 0.15) is 11.5 Å². The summed E-state index contributed by atoms with van der Waals surface area (Å²) in [6, 6.07) is 5.95. The van der Waals surface area contributed by atoms with Gasteiger partial charge in [0.2, 0.25) is 0 Å². The lowest BCUT2D eigenvalue weighted by molar-refractivity contribution is -0.0300. The van der Waals surface area contributed by atoms with Crippen LogP contribution in [0.25, 0.3) is 0 Å². The summed E-state index contributed by atoms with van der Waals surface area (Å²) < 4.78 is 16.5. The Hall–Kier alpha value is -1.26. The van der Waals surface area contributed by atoms with E-state index in [1.54, 1.807) is 14.2 Å². The summed E-state index contributed by atoms with van der Waals surface area (Å²) in [7, 11) is 3.34. The molecule has 1 unspecified atom stereocenters. The van der Waals surface area contributed by atoms with Crippen LogP contribution in [0.15, 0.2) is 18.2 Å². The van der Waals surface area contributed by atoms with Gasteiger partial charge in [0.15, 0.2) is 0 Å². The Morgan fingerprint density at radius 2 is 1.89 bits per heavy atom. The molecule has 1 fully saturated rings. The molecule has 106 valence electrons. The van der Waals surface area contributed by atoms with Crippen LogP contribution in [-0.2, 0) is 4.74 Å². The number of morpholine rings is 1. The first kappa shape index (κ1) is 14.2. The fourth-order valence-electron chi connectivity index (χ4n) is 2.44. The molecule has 0 amide bonds. The Labute approximate surface area is 115 Å². The molecule has 0 aliphatic carbocycles. The maximum Gasteiger partial charge on any atom is 0.122 e. The zero-order valence-corrected chi connectivity index (χ0v) is 12.0. The molecule has 2 rings (SSSR count). The van der Waals surface area contributed by atoms with E-state index in [4.69, 9.17) is 14.2 Å². The lowest BCUT2D eigenvalue weighted by atomic mass is 10.1. The molecule has 4 nitrogen and oxygen atoms in total. The third-order valence-corrected chi connectivity index (χ3v) is 3.44. The molecule has 0 radical (unpaired) electrons. The molecular weight excluding hydrogens is 242 g/mol. The molecule has 1 saturated heterocycles. The normalized spacial score (nSPS) is 20.3. The van der Waals surface area contributed by atoms with Crippen molar-refractivity contribution in [1.29, 1.82) is 0 Å². The van der Waals surface area contributed by atoms with Crippen molar-refractivity contribution in [2.24, 2.45) is 0 Å². The lowest BCUT2D eigenvalue weighted by Crippen LogP contribution is -2.38. The molecule has 19 heavy (non-hydrogen) atoms. The van der Waals surface area contributed by atoms with Gasteiger partial charge in [0.05, 0.1) is 26.9 Å². The minimum absolute atomic E-state index is 0.101. The number of hydrogen-bond acceptors (Lipinski definition) is 4. The fourth-order valence-corrected chi connectivity index (χ4v) is 2.44. The molecule has 0 N–H and O–H groups in total. The molecule has 1 atom stereocenters. The number of rotatable bonds is 5. The van der Waals surface area contributed by atoms with Gasteiger partial charge < -0.3 is 14.2 Å². The molecule has 4 heteroatoms. The Bertz CT molecular complexity index is 384. The first-order valence-corrected chi connectivity index (χ1v) is 6.83. The molecule has 1 aliphatic heterocycles. The second-order valence-corrected chi connectivity index (χ2v) is 4.81. The van der Waals surface area contributed by atoms with Crippen LogP contribution in [0.1, 0.15) is 25.0 Å². The van der Waals surface area contributed by atoms with Crippen LogP contribution in [0.3, 0.4) is 0 Å². The topological polar surface area (TPSA) is 30.9 Å². The van der Waals surface area contributed by atoms with E-state index in [9.17, 15) is 0 Å². The molecule has 1 aliphatic rings. The first-order valence-electron chi connectivity index (χ1n) is 6.83. The fraction of sp³-hybridized carbons (Fsp3) is 0.600. The molecule has 0 bridgehead atoms. The number of nitrogens with zero attached hydrogens (tertiary/aromatic N) is 1. The highest BCUT2D eigenvalue weighted by molar-refractivity contribution is 5.39. The van der Waals surface area contributed by atoms with Gasteiger partial charge in [0, 0.05) is 19.2 Å². The summed E-state index contributed by atoms with van der Waals surface area (Å²) in [5.41, 5.74) is 1.12. The summed E-state index contributed by atoms with van der Waals surface area (Å²) in [6.07, 6.45) is 1.28. The van der Waals surface area contributed by atoms with Crippen molar-refractivity contribution in [3.63, 3.8) is 0 Å². The van der Waals surface area contributed by atoms with Crippen molar-refractivity contribution in [3.05, 3.63) is 23.8 Å². The minimum Gasteiger partial charge on any atom is -0.497 e. The van der Waals surface area contributed by atoms with Crippen molar-refractivity contribution in [1.82, 2.24) is 4.90 Å². The highest BCUT2D eigenvalue weighted by atomic mass is 16.5. The van der Waals surface area contributed by atoms with Crippen molar-refractivity contribution in [2.75, 3.05) is 40.5 Å². The highest BCUT2D eigenvalue weighted by Crippen LogP contribution is 2.30. The van der Waals surface area contributed by atoms with Crippen LogP contribution < -0.4 is 9.47 Å². The van der Waals surface area contributed by atoms with Gasteiger partial charge in [0.25, 0.3) is 0 Å². The van der Waals surface area contributed by atoms with Crippen LogP contribution in [-0.4, -0.2) is 45.4 Å². The SMILES string of the molecule is CCCN1CCOC(c2cc(OC)cc(OC)c2)C1. The van der Waals surface area contributed by atoms with E-state index in [1.165, 1.54) is 6.42 Å². The zero-order valence-electron chi connectivity index (χ0n) is 12.0. The van der Waals surface area contributed by atoms with Crippen LogP contribution in [0.2, 0.25) is 0 Å². The van der Waals surface area contributed by atoms with E-state index in [-0.39, 0.29) is 6.10 Å². The van der Waals surface area contributed by atoms with Gasteiger partial charge in [-0.25, -0.2) is 0 Å². The number of hydrogen-bond donors (Lipinski definition) is 0. The Kier molecular flexibility index (Phi) is 5.05. The predicted molar refractivity (Wildman–Crippen MR) is 75.0 cm³/mol. The van der Waals surface area contributed by atoms with Crippen molar-refractivity contribution < 1.29 is 14.2 Å². The molecule has 0 saturated carbocycles. The van der Waals surface area contributed by atoms with E-state index in [1.807, 2.05) is 18.2 Å². The molecule has 1 heterocycles. The first-order chi connectivity index (χ1) is 9.26. The number of methoxy groups -OCH3 is 2. The van der Waals surface area contributed by atoms with Crippen LogP contribution >= 0.6 is 0 Å². The quantitative estimate of drug-likeness (QED) is 0.818. The molecule has 0 aromatic heterocycles. The van der Waals surface area contributed by atoms with Crippen LogP contribution in [0.5, 0.6) is 11.5 Å². The van der Waals surface area contributed by atoms with Crippen LogP contribution in [0.4, 0.5) is 0 Å². The third-order valence-electron chi connectivity index (χ3n) is 3.44. The van der Waals surface area contributed by atoms with Gasteiger partial charge in [-0.2, -0.15) is 0 Å². The molecule has 0 spiro atoms. The van der Waals surface area contributed by atoms with E-state index < -0.39 is 0 Å². The van der Waals surface area contributed by atoms with E-state index >= 15 is 0 Å². The summed E-state index contributed by atoms with van der Waals surface area (Å²) in [4.78, 5) is 2.44. The van der Waals surface area contributed by atoms with Crippen molar-refractivity contribution >= 4 is 0 Å². The minimum atomic E-state index is 0.101. The third kappa shape index (κ3) is 3.61. The standard InChI is InChI=1S/C15H23NO3/c1-4-5-16-6-7-19-15(11-16)12-8-13(17-2)10-14(9-12)18-3/h8-10,15H,4-7,11H2,1-3H3. The van der Waals surface area contributed by atoms with E-state index in [0.29, 0.717) is 0 Å². The predicted octanol–water partition coefficient (Wildman–Crippen LogP) is 2.49. The van der Waals surface area contributed by atoms with Gasteiger partial charge in [-0.15, -0.1) is 0 Å². The maximum absolute atomic E-state index is 5.89. The Morgan fingerprint density at radius 1 is 1.21 bits per heavy atom. The van der Waals surface area contributed by atoms with E-state index in [2.05, 4.69) is 11.8 Å². The smallest absolute Gasteiger partial charge is 0.122 e. The van der Waals surface area contributed by atoms with Gasteiger partial charge in [-0.3, -0.25) is 4.90 Å². The van der Waals surface area contributed by atoms with Crippen LogP contribution in [0, 0.1) is 0 Å². The lowest BCUT2D eigenvalue weighted by Gasteiger charge is -2.33. The highest BCUT2D eigenvalue weighted by Gasteiger charge is 2.22. The van der Waals surface area contributed by atoms with Gasteiger partial charge in [-0.05, 0) is 30.7 Å². The number of benzene rings is 1. The average Bonchev–Trinajstić information content (AvgIpc) is 2.47. The average molecular weight is 265 g/mol. The van der Waals surface area contributed by atoms with Gasteiger partial charge >= 0.3 is 0 Å². The summed E-state index contributed by atoms with van der Waals surface area (Å²) in [6.45, 7) is 6.07. The van der Waals surface area contributed by atoms with Gasteiger partial charge in [-0.1, -0.05) is 6.92 Å². The number of ether oxygens (including phenoxy) is 3. The Morgan fingerprint density at radius 3 is 2.47 bits per heavy atom. The molecule has 1 aromatic carbocycles. The van der Waals surface area contributed by atoms with E-state index in [0.717, 1.165) is 43.3 Å². The van der Waals surface area contributed by atoms with Crippen molar-refractivity contribution in [2.45, 2.75) is 19.4 Å². The monoisotopic (exact) mass is 265 g/mol. The largest absolute Gasteiger partial charge is 0.497 e. The van der Waals surface area contributed by atoms with Crippen molar-refractivity contribution in [3.8, 4) is 11.5 Å². The summed E-state index contributed by atoms with van der Waals surface area (Å²) >= 11 is 0.